The molecule has 0 bridgehead atoms. The van der Waals surface area contributed by atoms with Crippen LogP contribution in [0.1, 0.15) is 12.8 Å². The second kappa shape index (κ2) is 8.44. The minimum atomic E-state index is -4.76. The number of nitrogens with zero attached hydrogens (tertiary/aromatic N) is 4. The fraction of sp³-hybridized carbons (Fsp3) is 0.235. The van der Waals surface area contributed by atoms with Gasteiger partial charge in [-0.3, -0.25) is 0 Å². The van der Waals surface area contributed by atoms with Gasteiger partial charge in [0.25, 0.3) is 0 Å². The Labute approximate surface area is 176 Å². The third kappa shape index (κ3) is 4.79. The number of imidazole rings is 1. The Bertz CT molecular complexity index is 1050. The summed E-state index contributed by atoms with van der Waals surface area (Å²) in [6, 6.07) is 4.13. The van der Waals surface area contributed by atoms with E-state index in [1.807, 2.05) is 27.2 Å². The number of hydrogen-bond acceptors (Lipinski definition) is 6. The van der Waals surface area contributed by atoms with Gasteiger partial charge in [0.2, 0.25) is 0 Å². The van der Waals surface area contributed by atoms with Crippen LogP contribution in [0.3, 0.4) is 0 Å². The molecule has 0 amide bonds. The third-order valence-electron chi connectivity index (χ3n) is 3.57. The summed E-state index contributed by atoms with van der Waals surface area (Å²) in [5, 5.41) is 0.529. The van der Waals surface area contributed by atoms with Crippen molar-refractivity contribution in [2.45, 2.75) is 35.8 Å². The van der Waals surface area contributed by atoms with E-state index in [9.17, 15) is 13.2 Å². The summed E-state index contributed by atoms with van der Waals surface area (Å²) in [6.45, 7) is 0.537. The Morgan fingerprint density at radius 3 is 2.82 bits per heavy atom. The molecule has 2 N–H and O–H groups in total. The molecule has 6 nitrogen and oxygen atoms in total. The lowest BCUT2D eigenvalue weighted by molar-refractivity contribution is -0.274. The minimum absolute atomic E-state index is 0.228. The summed E-state index contributed by atoms with van der Waals surface area (Å²) in [7, 11) is 0. The van der Waals surface area contributed by atoms with E-state index in [1.165, 1.54) is 30.2 Å². The third-order valence-corrected chi connectivity index (χ3v) is 5.92. The number of anilines is 1. The van der Waals surface area contributed by atoms with Gasteiger partial charge in [0.15, 0.2) is 22.1 Å². The summed E-state index contributed by atoms with van der Waals surface area (Å²) < 4.78 is 44.2. The smallest absolute Gasteiger partial charge is 0.406 e. The van der Waals surface area contributed by atoms with Crippen molar-refractivity contribution in [1.82, 2.24) is 19.5 Å². The zero-order valence-corrected chi connectivity index (χ0v) is 17.2. The van der Waals surface area contributed by atoms with Gasteiger partial charge in [0.05, 0.1) is 0 Å². The molecule has 0 aliphatic heterocycles. The molecule has 0 aliphatic rings. The highest BCUT2D eigenvalue weighted by Gasteiger charge is 2.31. The van der Waals surface area contributed by atoms with Crippen LogP contribution in [0.4, 0.5) is 19.0 Å². The number of rotatable bonds is 6. The van der Waals surface area contributed by atoms with E-state index in [1.54, 1.807) is 6.07 Å². The van der Waals surface area contributed by atoms with Gasteiger partial charge in [0, 0.05) is 21.4 Å². The normalized spacial score (nSPS) is 11.5. The van der Waals surface area contributed by atoms with Crippen LogP contribution in [0, 0.1) is 15.9 Å². The zero-order valence-electron chi connectivity index (χ0n) is 14.2. The van der Waals surface area contributed by atoms with Crippen LogP contribution >= 0.6 is 34.4 Å². The Hall–Kier alpha value is -2.20. The molecule has 0 spiro atoms. The molecule has 0 fully saturated rings. The summed E-state index contributed by atoms with van der Waals surface area (Å²) in [5.41, 5.74) is 6.87. The second-order valence-corrected chi connectivity index (χ2v) is 7.70. The Kier molecular flexibility index (Phi) is 6.19. The van der Waals surface area contributed by atoms with Crippen LogP contribution in [0.15, 0.2) is 34.6 Å². The van der Waals surface area contributed by atoms with Gasteiger partial charge in [0.1, 0.15) is 12.1 Å². The van der Waals surface area contributed by atoms with Crippen LogP contribution in [0.5, 0.6) is 5.75 Å². The molecule has 28 heavy (non-hydrogen) atoms. The Morgan fingerprint density at radius 2 is 2.11 bits per heavy atom. The standard InChI is InChI=1S/C17H13F3IN5OS/c1-2-3-4-7-26-15-13(14(22)23-9-24-15)25-16(26)28-12-8-10(5-6-11(12)21)27-17(18,19)20/h1,5-6,8-9H,3-4,7H2,(H2,22,23,24). The molecular weight excluding hydrogens is 506 g/mol. The van der Waals surface area contributed by atoms with Crippen molar-refractivity contribution in [1.29, 1.82) is 0 Å². The van der Waals surface area contributed by atoms with Crippen LogP contribution in [0.2, 0.25) is 0 Å². The average Bonchev–Trinajstić information content (AvgIpc) is 2.96. The highest BCUT2D eigenvalue weighted by atomic mass is 127. The topological polar surface area (TPSA) is 78.9 Å². The first-order valence-corrected chi connectivity index (χ1v) is 9.81. The molecule has 0 unspecified atom stereocenters. The van der Waals surface area contributed by atoms with Crippen LogP contribution in [0.25, 0.3) is 11.2 Å². The van der Waals surface area contributed by atoms with Gasteiger partial charge < -0.3 is 15.0 Å². The van der Waals surface area contributed by atoms with Crippen molar-refractivity contribution in [3.63, 3.8) is 0 Å². The van der Waals surface area contributed by atoms with E-state index < -0.39 is 6.36 Å². The van der Waals surface area contributed by atoms with Gasteiger partial charge in [-0.05, 0) is 47.2 Å². The highest BCUT2D eigenvalue weighted by molar-refractivity contribution is 14.1. The molecular formula is C17H13F3IN5OS. The van der Waals surface area contributed by atoms with Gasteiger partial charge >= 0.3 is 6.36 Å². The van der Waals surface area contributed by atoms with Crippen LogP contribution < -0.4 is 10.5 Å². The lowest BCUT2D eigenvalue weighted by atomic mass is 10.3. The molecule has 0 atom stereocenters. The van der Waals surface area contributed by atoms with Crippen LogP contribution in [-0.2, 0) is 6.54 Å². The van der Waals surface area contributed by atoms with Crippen LogP contribution in [-0.4, -0.2) is 25.9 Å². The predicted octanol–water partition coefficient (Wildman–Crippen LogP) is 4.48. The van der Waals surface area contributed by atoms with Gasteiger partial charge in [-0.15, -0.1) is 25.5 Å². The maximum atomic E-state index is 12.5. The molecule has 3 aromatic rings. The average molecular weight is 519 g/mol. The number of nitrogen functional groups attached to an aromatic ring is 1. The maximum Gasteiger partial charge on any atom is 0.573 e. The van der Waals surface area contributed by atoms with Crippen molar-refractivity contribution in [3.05, 3.63) is 28.1 Å². The number of alkyl halides is 3. The number of fused-ring (bicyclic) bond motifs is 1. The van der Waals surface area contributed by atoms with Crippen molar-refractivity contribution in [2.24, 2.45) is 0 Å². The fourth-order valence-corrected chi connectivity index (χ4v) is 4.04. The molecule has 0 radical (unpaired) electrons. The zero-order chi connectivity index (χ0) is 20.3. The summed E-state index contributed by atoms with van der Waals surface area (Å²) in [6.07, 6.45) is 3.15. The molecule has 146 valence electrons. The van der Waals surface area contributed by atoms with E-state index >= 15 is 0 Å². The number of aryl methyl sites for hydroxylation is 1. The molecule has 11 heteroatoms. The highest BCUT2D eigenvalue weighted by Crippen LogP contribution is 2.36. The number of terminal acetylenes is 1. The van der Waals surface area contributed by atoms with Gasteiger partial charge in [-0.2, -0.15) is 0 Å². The lowest BCUT2D eigenvalue weighted by Crippen LogP contribution is -2.17. The second-order valence-electron chi connectivity index (χ2n) is 5.53. The minimum Gasteiger partial charge on any atom is -0.406 e. The summed E-state index contributed by atoms with van der Waals surface area (Å²) >= 11 is 3.23. The first-order valence-electron chi connectivity index (χ1n) is 7.92. The maximum absolute atomic E-state index is 12.5. The van der Waals surface area contributed by atoms with E-state index in [0.717, 1.165) is 3.57 Å². The van der Waals surface area contributed by atoms with Gasteiger partial charge in [-0.25, -0.2) is 15.0 Å². The largest absolute Gasteiger partial charge is 0.573 e. The number of hydrogen-bond donors (Lipinski definition) is 1. The molecule has 0 aliphatic carbocycles. The molecule has 0 saturated carbocycles. The van der Waals surface area contributed by atoms with Crippen molar-refractivity contribution in [2.75, 3.05) is 5.73 Å². The number of unbranched alkanes of at least 4 members (excludes halogenated alkanes) is 1. The SMILES string of the molecule is C#CCCCn1c(Sc2cc(OC(F)(F)F)ccc2I)nc2c(N)ncnc21. The number of ether oxygens (including phenoxy) is 1. The number of nitrogens with two attached hydrogens (primary N) is 1. The Balaban J connectivity index is 1.99. The predicted molar refractivity (Wildman–Crippen MR) is 108 cm³/mol. The monoisotopic (exact) mass is 519 g/mol. The first-order chi connectivity index (χ1) is 13.3. The number of aromatic nitrogens is 4. The van der Waals surface area contributed by atoms with Gasteiger partial charge in [-0.1, -0.05) is 11.8 Å². The lowest BCUT2D eigenvalue weighted by Gasteiger charge is -2.12. The van der Waals surface area contributed by atoms with E-state index in [2.05, 4.69) is 25.6 Å². The summed E-state index contributed by atoms with van der Waals surface area (Å²) in [5.74, 6) is 2.50. The first kappa shape index (κ1) is 20.5. The number of halogens is 4. The Morgan fingerprint density at radius 1 is 1.32 bits per heavy atom. The summed E-state index contributed by atoms with van der Waals surface area (Å²) in [4.78, 5) is 13.2. The molecule has 0 saturated heterocycles. The van der Waals surface area contributed by atoms with Crippen molar-refractivity contribution < 1.29 is 17.9 Å². The van der Waals surface area contributed by atoms with E-state index in [-0.39, 0.29) is 11.6 Å². The fourth-order valence-electron chi connectivity index (χ4n) is 2.41. The van der Waals surface area contributed by atoms with Crippen molar-refractivity contribution >= 4 is 51.3 Å². The molecule has 1 aromatic carbocycles. The van der Waals surface area contributed by atoms with E-state index in [0.29, 0.717) is 40.6 Å². The molecule has 2 heterocycles. The molecule has 2 aromatic heterocycles. The number of benzene rings is 1. The van der Waals surface area contributed by atoms with E-state index in [4.69, 9.17) is 12.2 Å². The molecule has 3 rings (SSSR count). The quantitative estimate of drug-likeness (QED) is 0.294. The van der Waals surface area contributed by atoms with Crippen molar-refractivity contribution in [3.8, 4) is 18.1 Å².